The van der Waals surface area contributed by atoms with E-state index in [1.54, 1.807) is 0 Å². The number of aromatic nitrogens is 2. The minimum atomic E-state index is -3.14. The van der Waals surface area contributed by atoms with Crippen molar-refractivity contribution in [2.45, 2.75) is 26.3 Å². The molecule has 2 heterocycles. The number of carbonyl (C=O) groups is 3. The number of nitrogens with two attached hydrogens (primary N) is 1. The molecule has 0 aliphatic carbocycles. The molecule has 0 aliphatic rings. The van der Waals surface area contributed by atoms with Crippen LogP contribution in [0.2, 0.25) is 0 Å². The summed E-state index contributed by atoms with van der Waals surface area (Å²) in [6.45, 7) is 0.589. The third kappa shape index (κ3) is 4.30. The number of ether oxygens (including phenoxy) is 1. The van der Waals surface area contributed by atoms with Crippen LogP contribution < -0.4 is 11.1 Å². The van der Waals surface area contributed by atoms with Gasteiger partial charge in [0.25, 0.3) is 18.8 Å². The Balaban J connectivity index is 2.32. The first-order valence-electron chi connectivity index (χ1n) is 7.52. The van der Waals surface area contributed by atoms with Crippen molar-refractivity contribution >= 4 is 34.1 Å². The Labute approximate surface area is 159 Å². The van der Waals surface area contributed by atoms with Crippen LogP contribution in [0.25, 0.3) is 0 Å². The highest BCUT2D eigenvalue weighted by Gasteiger charge is 2.27. The molecule has 152 valence electrons. The summed E-state index contributed by atoms with van der Waals surface area (Å²) in [7, 11) is 1.08. The summed E-state index contributed by atoms with van der Waals surface area (Å²) in [4.78, 5) is 35.6. The molecule has 0 saturated heterocycles. The maximum atomic E-state index is 13.0. The van der Waals surface area contributed by atoms with Crippen LogP contribution in [0.1, 0.15) is 49.8 Å². The fourth-order valence-electron chi connectivity index (χ4n) is 2.35. The Morgan fingerprint density at radius 3 is 2.43 bits per heavy atom. The van der Waals surface area contributed by atoms with Crippen LogP contribution in [-0.4, -0.2) is 34.7 Å². The smallest absolute Gasteiger partial charge is 0.341 e. The largest absolute Gasteiger partial charge is 0.465 e. The summed E-state index contributed by atoms with van der Waals surface area (Å²) in [6, 6.07) is 0.503. The fourth-order valence-corrected chi connectivity index (χ4v) is 3.41. The number of primary amides is 1. The summed E-state index contributed by atoms with van der Waals surface area (Å²) in [5.41, 5.74) is 3.50. The number of amides is 2. The number of anilines is 1. The number of thiophene rings is 1. The molecule has 13 heteroatoms. The molecule has 2 rings (SSSR count). The van der Waals surface area contributed by atoms with E-state index in [2.05, 4.69) is 15.2 Å². The molecular formula is C15H14F4N4O4S. The number of halogens is 4. The van der Waals surface area contributed by atoms with Crippen LogP contribution in [0.3, 0.4) is 0 Å². The highest BCUT2D eigenvalue weighted by molar-refractivity contribution is 7.18. The number of nitrogens with zero attached hydrogens (tertiary/aromatic N) is 2. The van der Waals surface area contributed by atoms with Gasteiger partial charge in [-0.2, -0.15) is 5.10 Å². The lowest BCUT2D eigenvalue weighted by Gasteiger charge is -2.08. The second kappa shape index (κ2) is 8.37. The second-order valence-electron chi connectivity index (χ2n) is 5.42. The molecule has 0 unspecified atom stereocenters. The zero-order valence-electron chi connectivity index (χ0n) is 14.5. The van der Waals surface area contributed by atoms with Crippen molar-refractivity contribution in [3.63, 3.8) is 0 Å². The molecule has 0 aliphatic heterocycles. The van der Waals surface area contributed by atoms with Gasteiger partial charge in [-0.25, -0.2) is 22.4 Å². The Hall–Kier alpha value is -2.96. The van der Waals surface area contributed by atoms with Gasteiger partial charge in [0.15, 0.2) is 0 Å². The first-order valence-corrected chi connectivity index (χ1v) is 8.33. The molecule has 28 heavy (non-hydrogen) atoms. The molecular weight excluding hydrogens is 408 g/mol. The predicted octanol–water partition coefficient (Wildman–Crippen LogP) is 2.65. The molecule has 0 bridgehead atoms. The number of carbonyl (C=O) groups excluding carboxylic acids is 3. The summed E-state index contributed by atoms with van der Waals surface area (Å²) in [5, 5.41) is 5.48. The third-order valence-corrected chi connectivity index (χ3v) is 4.81. The van der Waals surface area contributed by atoms with Gasteiger partial charge in [0.05, 0.1) is 17.6 Å². The molecule has 0 radical (unpaired) electrons. The van der Waals surface area contributed by atoms with Crippen molar-refractivity contribution in [3.8, 4) is 0 Å². The Morgan fingerprint density at radius 2 is 1.93 bits per heavy atom. The first kappa shape index (κ1) is 21.3. The summed E-state index contributed by atoms with van der Waals surface area (Å²) < 4.78 is 56.4. The minimum absolute atomic E-state index is 0.0111. The van der Waals surface area contributed by atoms with Crippen molar-refractivity contribution in [2.75, 3.05) is 12.4 Å². The van der Waals surface area contributed by atoms with Crippen LogP contribution in [0.5, 0.6) is 0 Å². The molecule has 0 saturated carbocycles. The first-order chi connectivity index (χ1) is 13.1. The molecule has 0 aromatic carbocycles. The zero-order chi connectivity index (χ0) is 21.2. The van der Waals surface area contributed by atoms with Crippen LogP contribution in [0, 0.1) is 6.92 Å². The number of methoxy groups -OCH3 is 1. The monoisotopic (exact) mass is 422 g/mol. The summed E-state index contributed by atoms with van der Waals surface area (Å²) in [5.74, 6) is -2.64. The van der Waals surface area contributed by atoms with Crippen LogP contribution in [-0.2, 0) is 16.1 Å². The van der Waals surface area contributed by atoms with E-state index in [0.717, 1.165) is 7.11 Å². The Morgan fingerprint density at radius 1 is 1.29 bits per heavy atom. The number of nitrogens with one attached hydrogen (secondary N) is 1. The second-order valence-corrected chi connectivity index (χ2v) is 6.44. The zero-order valence-corrected chi connectivity index (χ0v) is 15.3. The van der Waals surface area contributed by atoms with Gasteiger partial charge in [-0.1, -0.05) is 0 Å². The molecule has 0 spiro atoms. The van der Waals surface area contributed by atoms with E-state index in [0.29, 0.717) is 22.1 Å². The van der Waals surface area contributed by atoms with Crippen LogP contribution in [0.15, 0.2) is 6.07 Å². The van der Waals surface area contributed by atoms with Gasteiger partial charge in [-0.15, -0.1) is 11.3 Å². The van der Waals surface area contributed by atoms with E-state index in [4.69, 9.17) is 5.73 Å². The van der Waals surface area contributed by atoms with E-state index < -0.39 is 48.6 Å². The maximum Gasteiger partial charge on any atom is 0.341 e. The van der Waals surface area contributed by atoms with Crippen LogP contribution in [0.4, 0.5) is 22.6 Å². The number of hydrogen-bond donors (Lipinski definition) is 2. The normalized spacial score (nSPS) is 11.1. The fraction of sp³-hybridized carbons (Fsp3) is 0.333. The average Bonchev–Trinajstić information content (AvgIpc) is 3.16. The standard InChI is InChI=1S/C15H14F4N4O4S/c1-5-9(15(26)27-2)14(28-10(5)13(20)25)21-8(24)4-23-7(12(18)19)3-6(22-23)11(16)17/h3,11-12H,4H2,1-2H3,(H2,20,25)(H,21,24). The van der Waals surface area contributed by atoms with Crippen molar-refractivity contribution in [2.24, 2.45) is 5.73 Å². The molecule has 3 N–H and O–H groups in total. The van der Waals surface area contributed by atoms with Crippen molar-refractivity contribution in [1.29, 1.82) is 0 Å². The number of rotatable bonds is 7. The Kier molecular flexibility index (Phi) is 6.38. The highest BCUT2D eigenvalue weighted by atomic mass is 32.1. The molecule has 2 amide bonds. The average molecular weight is 422 g/mol. The quantitative estimate of drug-likeness (QED) is 0.526. The molecule has 2 aromatic rings. The van der Waals surface area contributed by atoms with Gasteiger partial charge < -0.3 is 15.8 Å². The van der Waals surface area contributed by atoms with Gasteiger partial charge in [-0.3, -0.25) is 14.3 Å². The number of esters is 1. The van der Waals surface area contributed by atoms with Gasteiger partial charge >= 0.3 is 5.97 Å². The van der Waals surface area contributed by atoms with Crippen LogP contribution >= 0.6 is 11.3 Å². The Bertz CT molecular complexity index is 926. The lowest BCUT2D eigenvalue weighted by molar-refractivity contribution is -0.117. The van der Waals surface area contributed by atoms with E-state index in [-0.39, 0.29) is 21.0 Å². The lowest BCUT2D eigenvalue weighted by atomic mass is 10.1. The molecule has 2 aromatic heterocycles. The minimum Gasteiger partial charge on any atom is -0.465 e. The molecule has 8 nitrogen and oxygen atoms in total. The van der Waals surface area contributed by atoms with E-state index >= 15 is 0 Å². The topological polar surface area (TPSA) is 116 Å². The van der Waals surface area contributed by atoms with Gasteiger partial charge in [-0.05, 0) is 18.6 Å². The van der Waals surface area contributed by atoms with Crippen molar-refractivity contribution in [1.82, 2.24) is 9.78 Å². The number of hydrogen-bond acceptors (Lipinski definition) is 6. The van der Waals surface area contributed by atoms with E-state index in [9.17, 15) is 31.9 Å². The van der Waals surface area contributed by atoms with Crippen molar-refractivity contribution < 1.29 is 36.7 Å². The molecule has 0 atom stereocenters. The third-order valence-electron chi connectivity index (χ3n) is 3.58. The van der Waals surface area contributed by atoms with Gasteiger partial charge in [0.1, 0.15) is 22.9 Å². The highest BCUT2D eigenvalue weighted by Crippen LogP contribution is 2.33. The maximum absolute atomic E-state index is 13.0. The lowest BCUT2D eigenvalue weighted by Crippen LogP contribution is -2.22. The number of alkyl halides is 4. The summed E-state index contributed by atoms with van der Waals surface area (Å²) in [6.07, 6.45) is -6.23. The van der Waals surface area contributed by atoms with Gasteiger partial charge in [0, 0.05) is 0 Å². The van der Waals surface area contributed by atoms with Gasteiger partial charge in [0.2, 0.25) is 5.91 Å². The van der Waals surface area contributed by atoms with E-state index in [1.165, 1.54) is 6.92 Å². The van der Waals surface area contributed by atoms with Crippen molar-refractivity contribution in [3.05, 3.63) is 33.5 Å². The molecule has 0 fully saturated rings. The van der Waals surface area contributed by atoms with E-state index in [1.807, 2.05) is 0 Å². The SMILES string of the molecule is COC(=O)c1c(NC(=O)Cn2nc(C(F)F)cc2C(F)F)sc(C(N)=O)c1C. The predicted molar refractivity (Wildman–Crippen MR) is 89.7 cm³/mol. The summed E-state index contributed by atoms with van der Waals surface area (Å²) >= 11 is 0.692.